The second-order valence-corrected chi connectivity index (χ2v) is 2.73. The fraction of sp³-hybridized carbons (Fsp3) is 0.133. The van der Waals surface area contributed by atoms with Crippen LogP contribution < -0.4 is 0 Å². The summed E-state index contributed by atoms with van der Waals surface area (Å²) < 4.78 is 0. The van der Waals surface area contributed by atoms with Crippen LogP contribution in [0.25, 0.3) is 0 Å². The molecule has 0 spiro atoms. The molecular formula is C15H7NO. The maximum Gasteiger partial charge on any atom is 0.247 e. The molecule has 78 valence electrons. The number of hydrogen-bond acceptors (Lipinski definition) is 1. The van der Waals surface area contributed by atoms with Crippen LogP contribution >= 0.6 is 0 Å². The Labute approximate surface area is 101 Å². The molecule has 0 aliphatic carbocycles. The Hall–Kier alpha value is -2.99. The highest BCUT2D eigenvalue weighted by Gasteiger charge is 2.26. The first-order chi connectivity index (χ1) is 8.34. The van der Waals surface area contributed by atoms with Gasteiger partial charge < -0.3 is 4.90 Å². The van der Waals surface area contributed by atoms with Gasteiger partial charge in [-0.2, -0.15) is 0 Å². The topological polar surface area (TPSA) is 20.1 Å². The van der Waals surface area contributed by atoms with Crippen LogP contribution in [0.15, 0.2) is 12.3 Å². The number of allylic oxidation sites excluding steroid dienone is 1. The van der Waals surface area contributed by atoms with Gasteiger partial charge in [-0.15, -0.1) is 0 Å². The number of carbonyl (C=O) groups is 1. The highest BCUT2D eigenvalue weighted by Crippen LogP contribution is 2.05. The van der Waals surface area contributed by atoms with Gasteiger partial charge in [-0.05, 0) is 54.3 Å². The minimum Gasteiger partial charge on any atom is -0.307 e. The third kappa shape index (κ3) is 6.15. The van der Waals surface area contributed by atoms with Gasteiger partial charge in [0.25, 0.3) is 0 Å². The monoisotopic (exact) mass is 217 g/mol. The van der Waals surface area contributed by atoms with E-state index in [0.717, 1.165) is 0 Å². The summed E-state index contributed by atoms with van der Waals surface area (Å²) in [6, 6.07) is 0. The molecule has 0 radical (unpaired) electrons. The van der Waals surface area contributed by atoms with Gasteiger partial charge in [0.05, 0.1) is 0 Å². The van der Waals surface area contributed by atoms with Gasteiger partial charge in [-0.25, -0.2) is 0 Å². The third-order valence-electron chi connectivity index (χ3n) is 1.49. The predicted molar refractivity (Wildman–Crippen MR) is 65.4 cm³/mol. The van der Waals surface area contributed by atoms with E-state index in [1.165, 1.54) is 0 Å². The molecule has 0 bridgehead atoms. The zero-order valence-electron chi connectivity index (χ0n) is 9.22. The fourth-order valence-corrected chi connectivity index (χ4v) is 0.701. The van der Waals surface area contributed by atoms with E-state index in [-0.39, 0.29) is 5.91 Å². The van der Waals surface area contributed by atoms with E-state index in [2.05, 4.69) is 59.2 Å². The minimum absolute atomic E-state index is 0.105. The number of nitrogens with zero attached hydrogens (tertiary/aromatic N) is 1. The number of hydrogen-bond donors (Lipinski definition) is 0. The lowest BCUT2D eigenvalue weighted by Crippen LogP contribution is -1.81. The lowest BCUT2D eigenvalue weighted by atomic mass is 10.5. The van der Waals surface area contributed by atoms with Crippen molar-refractivity contribution in [2.75, 3.05) is 6.54 Å². The van der Waals surface area contributed by atoms with Gasteiger partial charge in [-0.1, -0.05) is 11.8 Å². The van der Waals surface area contributed by atoms with Crippen LogP contribution in [0.2, 0.25) is 0 Å². The van der Waals surface area contributed by atoms with E-state index in [1.807, 2.05) is 0 Å². The van der Waals surface area contributed by atoms with Gasteiger partial charge in [-0.3, -0.25) is 4.79 Å². The Bertz CT molecular complexity index is 640. The summed E-state index contributed by atoms with van der Waals surface area (Å²) in [5.74, 6) is 25.7. The van der Waals surface area contributed by atoms with Crippen LogP contribution in [0, 0.1) is 59.2 Å². The maximum absolute atomic E-state index is 10.6. The minimum atomic E-state index is 0.105. The van der Waals surface area contributed by atoms with Crippen LogP contribution in [0.3, 0.4) is 0 Å². The molecule has 2 heteroatoms. The number of amides is 1. The summed E-state index contributed by atoms with van der Waals surface area (Å²) in [6.07, 6.45) is 3.20. The Balaban J connectivity index is 2.33. The third-order valence-corrected chi connectivity index (χ3v) is 1.49. The van der Waals surface area contributed by atoms with Crippen molar-refractivity contribution in [3.05, 3.63) is 12.3 Å². The van der Waals surface area contributed by atoms with Crippen LogP contribution in [-0.2, 0) is 4.79 Å². The summed E-state index contributed by atoms with van der Waals surface area (Å²) in [7, 11) is 0. The first-order valence-corrected chi connectivity index (χ1v) is 4.73. The van der Waals surface area contributed by atoms with Crippen LogP contribution in [0.5, 0.6) is 0 Å². The van der Waals surface area contributed by atoms with E-state index < -0.39 is 0 Å². The molecule has 17 heavy (non-hydrogen) atoms. The Morgan fingerprint density at radius 2 is 1.53 bits per heavy atom. The number of rotatable bonds is 1. The molecule has 1 heterocycles. The summed E-state index contributed by atoms with van der Waals surface area (Å²) in [6.45, 7) is 2.19. The second kappa shape index (κ2) is 7.32. The summed E-state index contributed by atoms with van der Waals surface area (Å²) in [5, 5.41) is 0. The SMILES string of the molecule is CC#CC#CC#CC#CC#CC=CN1CC1=O. The Kier molecular flexibility index (Phi) is 5.20. The fourth-order valence-electron chi connectivity index (χ4n) is 0.701. The predicted octanol–water partition coefficient (Wildman–Crippen LogP) is 0.379. The van der Waals surface area contributed by atoms with Gasteiger partial charge in [0.2, 0.25) is 5.91 Å². The molecule has 2 nitrogen and oxygen atoms in total. The molecule has 1 rings (SSSR count). The van der Waals surface area contributed by atoms with Crippen molar-refractivity contribution in [2.24, 2.45) is 0 Å². The Morgan fingerprint density at radius 3 is 2.06 bits per heavy atom. The Morgan fingerprint density at radius 1 is 1.00 bits per heavy atom. The second-order valence-electron chi connectivity index (χ2n) is 2.73. The zero-order valence-corrected chi connectivity index (χ0v) is 9.22. The molecule has 1 amide bonds. The molecule has 0 atom stereocenters. The highest BCUT2D eigenvalue weighted by atomic mass is 16.2. The quantitative estimate of drug-likeness (QED) is 0.459. The van der Waals surface area contributed by atoms with Crippen LogP contribution in [0.4, 0.5) is 0 Å². The molecule has 0 N–H and O–H groups in total. The van der Waals surface area contributed by atoms with E-state index in [1.54, 1.807) is 24.1 Å². The van der Waals surface area contributed by atoms with Gasteiger partial charge in [0.1, 0.15) is 6.54 Å². The van der Waals surface area contributed by atoms with Crippen molar-refractivity contribution in [1.29, 1.82) is 0 Å². The van der Waals surface area contributed by atoms with Crippen molar-refractivity contribution in [3.63, 3.8) is 0 Å². The van der Waals surface area contributed by atoms with Crippen molar-refractivity contribution in [2.45, 2.75) is 6.92 Å². The highest BCUT2D eigenvalue weighted by molar-refractivity contribution is 5.93. The molecule has 0 aromatic heterocycles. The van der Waals surface area contributed by atoms with Crippen LogP contribution in [0.1, 0.15) is 6.92 Å². The van der Waals surface area contributed by atoms with E-state index in [4.69, 9.17) is 0 Å². The molecule has 0 unspecified atom stereocenters. The average molecular weight is 217 g/mol. The van der Waals surface area contributed by atoms with E-state index >= 15 is 0 Å². The van der Waals surface area contributed by atoms with Gasteiger partial charge >= 0.3 is 0 Å². The molecule has 0 aromatic rings. The summed E-state index contributed by atoms with van der Waals surface area (Å²) >= 11 is 0. The lowest BCUT2D eigenvalue weighted by molar-refractivity contribution is -0.112. The summed E-state index contributed by atoms with van der Waals surface area (Å²) in [5.41, 5.74) is 0. The first-order valence-electron chi connectivity index (χ1n) is 4.73. The molecule has 0 aromatic carbocycles. The molecule has 1 aliphatic rings. The van der Waals surface area contributed by atoms with Crippen LogP contribution in [-0.4, -0.2) is 17.4 Å². The first kappa shape index (κ1) is 12.1. The van der Waals surface area contributed by atoms with E-state index in [0.29, 0.717) is 6.54 Å². The van der Waals surface area contributed by atoms with Crippen molar-refractivity contribution >= 4 is 5.91 Å². The number of carbonyl (C=O) groups excluding carboxylic acids is 1. The molecule has 1 aliphatic heterocycles. The molecular weight excluding hydrogens is 210 g/mol. The maximum atomic E-state index is 10.6. The molecule has 1 fully saturated rings. The summed E-state index contributed by atoms with van der Waals surface area (Å²) in [4.78, 5) is 12.1. The molecule has 1 saturated heterocycles. The average Bonchev–Trinajstić information content (AvgIpc) is 3.02. The van der Waals surface area contributed by atoms with Crippen molar-refractivity contribution in [1.82, 2.24) is 4.90 Å². The normalized spacial score (nSPS) is 10.2. The lowest BCUT2D eigenvalue weighted by Gasteiger charge is -1.78. The van der Waals surface area contributed by atoms with E-state index in [9.17, 15) is 4.79 Å². The zero-order chi connectivity index (χ0) is 12.3. The van der Waals surface area contributed by atoms with Crippen molar-refractivity contribution in [3.8, 4) is 59.2 Å². The van der Waals surface area contributed by atoms with Gasteiger partial charge in [0, 0.05) is 12.3 Å². The standard InChI is InChI=1S/C15H7NO/c1-2-3-4-5-6-7-8-9-10-11-12-13-16-14-15(16)17/h12-13H,14H2,1H3. The van der Waals surface area contributed by atoms with Crippen molar-refractivity contribution < 1.29 is 4.79 Å². The van der Waals surface area contributed by atoms with Gasteiger partial charge in [0.15, 0.2) is 0 Å². The smallest absolute Gasteiger partial charge is 0.247 e. The largest absolute Gasteiger partial charge is 0.307 e. The molecule has 0 saturated carbocycles.